The van der Waals surface area contributed by atoms with Gasteiger partial charge in [0.15, 0.2) is 6.10 Å². The molecule has 58 heavy (non-hydrogen) atoms. The van der Waals surface area contributed by atoms with Gasteiger partial charge >= 0.3 is 17.9 Å². The van der Waals surface area contributed by atoms with Gasteiger partial charge in [-0.1, -0.05) is 187 Å². The van der Waals surface area contributed by atoms with Crippen LogP contribution in [0.15, 0.2) is 134 Å². The van der Waals surface area contributed by atoms with Gasteiger partial charge in [0, 0.05) is 19.3 Å². The molecule has 322 valence electrons. The fraction of sp³-hybridized carbons (Fsp3) is 0.519. The summed E-state index contributed by atoms with van der Waals surface area (Å²) in [6.45, 7) is 6.10. The van der Waals surface area contributed by atoms with Crippen molar-refractivity contribution in [3.63, 3.8) is 0 Å². The van der Waals surface area contributed by atoms with Crippen LogP contribution in [0, 0.1) is 0 Å². The quantitative estimate of drug-likeness (QED) is 0.0205. The van der Waals surface area contributed by atoms with E-state index >= 15 is 0 Å². The van der Waals surface area contributed by atoms with Crippen molar-refractivity contribution < 1.29 is 28.6 Å². The van der Waals surface area contributed by atoms with Gasteiger partial charge in [0.05, 0.1) is 0 Å². The first kappa shape index (κ1) is 53.6. The van der Waals surface area contributed by atoms with Crippen LogP contribution in [0.5, 0.6) is 0 Å². The summed E-state index contributed by atoms with van der Waals surface area (Å²) in [6, 6.07) is 0. The van der Waals surface area contributed by atoms with Crippen molar-refractivity contribution in [3.8, 4) is 0 Å². The van der Waals surface area contributed by atoms with Crippen LogP contribution in [0.3, 0.4) is 0 Å². The molecule has 0 heterocycles. The fourth-order valence-corrected chi connectivity index (χ4v) is 5.31. The van der Waals surface area contributed by atoms with E-state index in [9.17, 15) is 14.4 Å². The monoisotopic (exact) mass is 799 g/mol. The van der Waals surface area contributed by atoms with E-state index in [-0.39, 0.29) is 31.6 Å². The van der Waals surface area contributed by atoms with E-state index < -0.39 is 12.1 Å². The molecule has 0 fully saturated rings. The molecule has 0 aliphatic heterocycles. The molecule has 0 aromatic rings. The van der Waals surface area contributed by atoms with Crippen molar-refractivity contribution in [1.29, 1.82) is 0 Å². The molecule has 0 spiro atoms. The smallest absolute Gasteiger partial charge is 0.306 e. The zero-order valence-electron chi connectivity index (χ0n) is 36.5. The molecule has 0 saturated carbocycles. The molecule has 6 nitrogen and oxygen atoms in total. The number of esters is 3. The Bertz CT molecular complexity index is 1330. The molecule has 0 radical (unpaired) electrons. The minimum atomic E-state index is -0.836. The molecular weight excluding hydrogens is 721 g/mol. The van der Waals surface area contributed by atoms with Crippen LogP contribution in [0.4, 0.5) is 0 Å². The summed E-state index contributed by atoms with van der Waals surface area (Å²) < 4.78 is 16.6. The first-order valence-corrected chi connectivity index (χ1v) is 22.3. The Morgan fingerprint density at radius 2 is 0.724 bits per heavy atom. The number of unbranched alkanes of at least 4 members (excludes halogenated alkanes) is 10. The lowest BCUT2D eigenvalue weighted by molar-refractivity contribution is -0.167. The van der Waals surface area contributed by atoms with Crippen LogP contribution in [-0.4, -0.2) is 37.2 Å². The Balaban J connectivity index is 4.61. The number of hydrogen-bond donors (Lipinski definition) is 0. The molecule has 0 saturated heterocycles. The van der Waals surface area contributed by atoms with Gasteiger partial charge in [0.25, 0.3) is 0 Å². The SMILES string of the molecule is CC/C=C/C=C/C=C/C=C/C=C/CCCC(=O)OC(COC(=O)CCCCCC/C=C/C/C=C/C/C=C/CC)COC(=O)CCCCCCC/C=C/C=C/C=C/CC. The second-order valence-electron chi connectivity index (χ2n) is 14.0. The van der Waals surface area contributed by atoms with Gasteiger partial charge in [-0.15, -0.1) is 0 Å². The van der Waals surface area contributed by atoms with Gasteiger partial charge in [-0.3, -0.25) is 14.4 Å². The molecular formula is C52H78O6. The molecule has 0 aromatic heterocycles. The number of carbonyl (C=O) groups excluding carboxylic acids is 3. The van der Waals surface area contributed by atoms with Gasteiger partial charge in [-0.05, 0) is 83.5 Å². The maximum absolute atomic E-state index is 12.7. The van der Waals surface area contributed by atoms with E-state index in [2.05, 4.69) is 93.7 Å². The lowest BCUT2D eigenvalue weighted by Crippen LogP contribution is -2.30. The number of carbonyl (C=O) groups is 3. The van der Waals surface area contributed by atoms with Crippen molar-refractivity contribution in [2.45, 2.75) is 162 Å². The molecule has 1 atom stereocenters. The largest absolute Gasteiger partial charge is 0.462 e. The van der Waals surface area contributed by atoms with Gasteiger partial charge in [0.2, 0.25) is 0 Å². The van der Waals surface area contributed by atoms with Gasteiger partial charge in [0.1, 0.15) is 13.2 Å². The molecule has 0 aliphatic carbocycles. The number of ether oxygens (including phenoxy) is 3. The third-order valence-corrected chi connectivity index (χ3v) is 8.57. The first-order chi connectivity index (χ1) is 28.5. The predicted octanol–water partition coefficient (Wildman–Crippen LogP) is 14.4. The lowest BCUT2D eigenvalue weighted by atomic mass is 10.1. The minimum absolute atomic E-state index is 0.131. The van der Waals surface area contributed by atoms with E-state index in [0.29, 0.717) is 19.3 Å². The Kier molecular flexibility index (Phi) is 41.8. The van der Waals surface area contributed by atoms with Crippen LogP contribution in [-0.2, 0) is 28.6 Å². The maximum atomic E-state index is 12.7. The fourth-order valence-electron chi connectivity index (χ4n) is 5.31. The van der Waals surface area contributed by atoms with Gasteiger partial charge in [-0.2, -0.15) is 0 Å². The van der Waals surface area contributed by atoms with Gasteiger partial charge < -0.3 is 14.2 Å². The van der Waals surface area contributed by atoms with Gasteiger partial charge in [-0.25, -0.2) is 0 Å². The summed E-state index contributed by atoms with van der Waals surface area (Å²) in [4.78, 5) is 37.7. The number of rotatable bonds is 37. The van der Waals surface area contributed by atoms with Crippen LogP contribution in [0.2, 0.25) is 0 Å². The van der Waals surface area contributed by atoms with Crippen molar-refractivity contribution >= 4 is 17.9 Å². The Morgan fingerprint density at radius 1 is 0.362 bits per heavy atom. The van der Waals surface area contributed by atoms with E-state index in [1.165, 1.54) is 0 Å². The molecule has 0 rings (SSSR count). The summed E-state index contributed by atoms with van der Waals surface area (Å²) in [5.41, 5.74) is 0. The first-order valence-electron chi connectivity index (χ1n) is 22.3. The maximum Gasteiger partial charge on any atom is 0.306 e. The van der Waals surface area contributed by atoms with Crippen LogP contribution < -0.4 is 0 Å². The van der Waals surface area contributed by atoms with Crippen molar-refractivity contribution in [3.05, 3.63) is 134 Å². The van der Waals surface area contributed by atoms with Crippen LogP contribution in [0.25, 0.3) is 0 Å². The molecule has 0 aromatic carbocycles. The average Bonchev–Trinajstić information content (AvgIpc) is 3.22. The summed E-state index contributed by atoms with van der Waals surface area (Å²) in [6.07, 6.45) is 63.0. The topological polar surface area (TPSA) is 78.9 Å². The molecule has 6 heteroatoms. The third kappa shape index (κ3) is 42.7. The van der Waals surface area contributed by atoms with E-state index in [1.54, 1.807) is 0 Å². The average molecular weight is 799 g/mol. The highest BCUT2D eigenvalue weighted by atomic mass is 16.6. The molecule has 1 unspecified atom stereocenters. The van der Waals surface area contributed by atoms with Crippen molar-refractivity contribution in [2.24, 2.45) is 0 Å². The van der Waals surface area contributed by atoms with Crippen LogP contribution >= 0.6 is 0 Å². The molecule has 0 aliphatic rings. The molecule has 0 amide bonds. The summed E-state index contributed by atoms with van der Waals surface area (Å²) in [5, 5.41) is 0. The lowest BCUT2D eigenvalue weighted by Gasteiger charge is -2.18. The van der Waals surface area contributed by atoms with E-state index in [1.807, 2.05) is 60.8 Å². The minimum Gasteiger partial charge on any atom is -0.462 e. The van der Waals surface area contributed by atoms with E-state index in [4.69, 9.17) is 14.2 Å². The highest BCUT2D eigenvalue weighted by Gasteiger charge is 2.19. The Labute approximate surface area is 354 Å². The zero-order valence-corrected chi connectivity index (χ0v) is 36.5. The predicted molar refractivity (Wildman–Crippen MR) is 246 cm³/mol. The Hall–Kier alpha value is -4.45. The highest BCUT2D eigenvalue weighted by Crippen LogP contribution is 2.11. The third-order valence-electron chi connectivity index (χ3n) is 8.57. The second kappa shape index (κ2) is 45.3. The zero-order chi connectivity index (χ0) is 42.3. The normalized spacial score (nSPS) is 13.4. The Morgan fingerprint density at radius 3 is 1.22 bits per heavy atom. The number of hydrogen-bond acceptors (Lipinski definition) is 6. The van der Waals surface area contributed by atoms with Crippen molar-refractivity contribution in [1.82, 2.24) is 0 Å². The molecule has 0 N–H and O–H groups in total. The van der Waals surface area contributed by atoms with E-state index in [0.717, 1.165) is 109 Å². The van der Waals surface area contributed by atoms with Crippen molar-refractivity contribution in [2.75, 3.05) is 13.2 Å². The molecule has 0 bridgehead atoms. The second-order valence-corrected chi connectivity index (χ2v) is 14.0. The standard InChI is InChI=1S/C52H78O6/c1-4-7-10-13-16-19-22-25-28-30-33-36-39-42-45-51(54)57-48-49(58-52(55)46-43-40-37-34-31-27-24-21-18-15-12-9-6-3)47-56-50(53)44-41-38-35-32-29-26-23-20-17-14-11-8-5-2/h7-12,14-21,23-25,27-28,31,34,37,49H,4-6,13,22,26,29-30,32-33,35-36,38-48H2,1-3H3/b10-7+,11-8+,12-9+,17-14+,18-15+,19-16+,23-20+,24-21+,28-25+,31-27+,37-34+. The summed E-state index contributed by atoms with van der Waals surface area (Å²) in [7, 11) is 0. The summed E-state index contributed by atoms with van der Waals surface area (Å²) in [5.74, 6) is -1.06. The highest BCUT2D eigenvalue weighted by molar-refractivity contribution is 5.71. The van der Waals surface area contributed by atoms with Crippen LogP contribution in [0.1, 0.15) is 156 Å². The number of allylic oxidation sites excluding steroid dienone is 22. The summed E-state index contributed by atoms with van der Waals surface area (Å²) >= 11 is 0.